The van der Waals surface area contributed by atoms with Crippen molar-refractivity contribution in [1.29, 1.82) is 0 Å². The molecule has 5 heteroatoms. The second-order valence-corrected chi connectivity index (χ2v) is 7.00. The summed E-state index contributed by atoms with van der Waals surface area (Å²) in [7, 11) is 0. The lowest BCUT2D eigenvalue weighted by molar-refractivity contribution is -0.175. The fourth-order valence-corrected chi connectivity index (χ4v) is 4.43. The molecule has 0 bridgehead atoms. The minimum Gasteiger partial charge on any atom is -0.378 e. The van der Waals surface area contributed by atoms with Crippen molar-refractivity contribution in [2.45, 2.75) is 63.6 Å². The van der Waals surface area contributed by atoms with Crippen molar-refractivity contribution >= 4 is 5.91 Å². The predicted octanol–water partition coefficient (Wildman–Crippen LogP) is 0.873. The molecule has 3 aliphatic rings. The van der Waals surface area contributed by atoms with Crippen LogP contribution in [0.5, 0.6) is 0 Å². The number of piperidine rings is 1. The summed E-state index contributed by atoms with van der Waals surface area (Å²) in [6.07, 6.45) is 7.93. The number of carbonyl (C=O) groups excluding carboxylic acids is 1. The van der Waals surface area contributed by atoms with Crippen LogP contribution >= 0.6 is 0 Å². The van der Waals surface area contributed by atoms with E-state index in [0.29, 0.717) is 30.1 Å². The van der Waals surface area contributed by atoms with E-state index in [9.17, 15) is 4.79 Å². The summed E-state index contributed by atoms with van der Waals surface area (Å²) in [5.74, 6) is -0.214. The highest BCUT2D eigenvalue weighted by Crippen LogP contribution is 2.57. The quantitative estimate of drug-likeness (QED) is 0.763. The van der Waals surface area contributed by atoms with E-state index in [0.717, 1.165) is 32.5 Å². The molecule has 2 aliphatic carbocycles. The standard InChI is InChI=1S/C16H29N3O2/c1-2-21-14-10-13(16(14)6-3-7-16)18-12-4-8-19(9-5-12)11-15(17)20/h12-14,18H,2-11H2,1H3,(H2,17,20). The van der Waals surface area contributed by atoms with E-state index in [1.54, 1.807) is 0 Å². The maximum Gasteiger partial charge on any atom is 0.231 e. The molecule has 0 aromatic carbocycles. The van der Waals surface area contributed by atoms with Gasteiger partial charge in [-0.05, 0) is 39.0 Å². The molecule has 2 atom stereocenters. The van der Waals surface area contributed by atoms with Gasteiger partial charge in [-0.2, -0.15) is 0 Å². The van der Waals surface area contributed by atoms with Crippen molar-refractivity contribution in [1.82, 2.24) is 10.2 Å². The summed E-state index contributed by atoms with van der Waals surface area (Å²) in [6.45, 7) is 5.31. The number of nitrogens with one attached hydrogen (secondary N) is 1. The Kier molecular flexibility index (Phi) is 4.52. The van der Waals surface area contributed by atoms with E-state index in [2.05, 4.69) is 17.1 Å². The number of hydrogen-bond acceptors (Lipinski definition) is 4. The molecular formula is C16H29N3O2. The lowest BCUT2D eigenvalue weighted by Gasteiger charge is -2.62. The van der Waals surface area contributed by atoms with Gasteiger partial charge in [-0.3, -0.25) is 9.69 Å². The van der Waals surface area contributed by atoms with E-state index in [-0.39, 0.29) is 5.91 Å². The van der Waals surface area contributed by atoms with E-state index in [1.807, 2.05) is 0 Å². The molecule has 21 heavy (non-hydrogen) atoms. The first kappa shape index (κ1) is 15.3. The van der Waals surface area contributed by atoms with Crippen LogP contribution in [0.25, 0.3) is 0 Å². The first-order chi connectivity index (χ1) is 10.1. The zero-order chi connectivity index (χ0) is 14.9. The Morgan fingerprint density at radius 1 is 1.38 bits per heavy atom. The fourth-order valence-electron chi connectivity index (χ4n) is 4.43. The molecule has 3 rings (SSSR count). The Hall–Kier alpha value is -0.650. The molecule has 2 unspecified atom stereocenters. The summed E-state index contributed by atoms with van der Waals surface area (Å²) in [5.41, 5.74) is 5.71. The first-order valence-electron chi connectivity index (χ1n) is 8.52. The number of nitrogens with two attached hydrogens (primary N) is 1. The topological polar surface area (TPSA) is 67.6 Å². The van der Waals surface area contributed by atoms with Gasteiger partial charge in [0.25, 0.3) is 0 Å². The number of rotatable bonds is 6. The third kappa shape index (κ3) is 2.96. The molecule has 0 radical (unpaired) electrons. The van der Waals surface area contributed by atoms with Gasteiger partial charge in [0.15, 0.2) is 0 Å². The highest BCUT2D eigenvalue weighted by molar-refractivity contribution is 5.75. The van der Waals surface area contributed by atoms with Crippen LogP contribution in [0.2, 0.25) is 0 Å². The number of amides is 1. The van der Waals surface area contributed by atoms with Gasteiger partial charge in [-0.25, -0.2) is 0 Å². The molecule has 3 N–H and O–H groups in total. The number of carbonyl (C=O) groups is 1. The van der Waals surface area contributed by atoms with Gasteiger partial charge in [-0.1, -0.05) is 6.42 Å². The van der Waals surface area contributed by atoms with Crippen LogP contribution in [0.3, 0.4) is 0 Å². The molecule has 1 aliphatic heterocycles. The maximum absolute atomic E-state index is 11.0. The molecule has 1 spiro atoms. The van der Waals surface area contributed by atoms with Crippen LogP contribution in [-0.2, 0) is 9.53 Å². The maximum atomic E-state index is 11.0. The van der Waals surface area contributed by atoms with Crippen molar-refractivity contribution in [2.24, 2.45) is 11.1 Å². The van der Waals surface area contributed by atoms with Gasteiger partial charge in [-0.15, -0.1) is 0 Å². The van der Waals surface area contributed by atoms with Gasteiger partial charge in [0, 0.05) is 37.2 Å². The number of likely N-dealkylation sites (tertiary alicyclic amines) is 1. The molecule has 5 nitrogen and oxygen atoms in total. The molecular weight excluding hydrogens is 266 g/mol. The third-order valence-corrected chi connectivity index (χ3v) is 5.84. The van der Waals surface area contributed by atoms with Crippen LogP contribution in [0, 0.1) is 5.41 Å². The average Bonchev–Trinajstić information content (AvgIpc) is 2.37. The lowest BCUT2D eigenvalue weighted by Crippen LogP contribution is -2.68. The monoisotopic (exact) mass is 295 g/mol. The van der Waals surface area contributed by atoms with Crippen LogP contribution < -0.4 is 11.1 Å². The Morgan fingerprint density at radius 3 is 2.62 bits per heavy atom. The zero-order valence-corrected chi connectivity index (χ0v) is 13.1. The summed E-state index contributed by atoms with van der Waals surface area (Å²) >= 11 is 0. The van der Waals surface area contributed by atoms with Gasteiger partial charge in [0.2, 0.25) is 5.91 Å². The predicted molar refractivity (Wildman–Crippen MR) is 81.9 cm³/mol. The highest BCUT2D eigenvalue weighted by Gasteiger charge is 2.58. The summed E-state index contributed by atoms with van der Waals surface area (Å²) in [4.78, 5) is 13.1. The van der Waals surface area contributed by atoms with E-state index in [4.69, 9.17) is 10.5 Å². The van der Waals surface area contributed by atoms with Gasteiger partial charge in [0.05, 0.1) is 12.6 Å². The minimum absolute atomic E-state index is 0.214. The van der Waals surface area contributed by atoms with Crippen molar-refractivity contribution in [3.63, 3.8) is 0 Å². The molecule has 120 valence electrons. The van der Waals surface area contributed by atoms with E-state index in [1.165, 1.54) is 25.7 Å². The third-order valence-electron chi connectivity index (χ3n) is 5.84. The largest absolute Gasteiger partial charge is 0.378 e. The second kappa shape index (κ2) is 6.23. The Balaban J connectivity index is 1.45. The van der Waals surface area contributed by atoms with Gasteiger partial charge >= 0.3 is 0 Å². The van der Waals surface area contributed by atoms with E-state index >= 15 is 0 Å². The summed E-state index contributed by atoms with van der Waals surface area (Å²) < 4.78 is 5.92. The smallest absolute Gasteiger partial charge is 0.231 e. The molecule has 1 amide bonds. The van der Waals surface area contributed by atoms with Crippen LogP contribution in [-0.4, -0.2) is 55.2 Å². The zero-order valence-electron chi connectivity index (χ0n) is 13.1. The summed E-state index contributed by atoms with van der Waals surface area (Å²) in [6, 6.07) is 1.25. The fraction of sp³-hybridized carbons (Fsp3) is 0.938. The number of ether oxygens (including phenoxy) is 1. The number of hydrogen-bond donors (Lipinski definition) is 2. The highest BCUT2D eigenvalue weighted by atomic mass is 16.5. The Morgan fingerprint density at radius 2 is 2.10 bits per heavy atom. The van der Waals surface area contributed by atoms with Crippen molar-refractivity contribution < 1.29 is 9.53 Å². The van der Waals surface area contributed by atoms with Gasteiger partial charge in [0.1, 0.15) is 0 Å². The first-order valence-corrected chi connectivity index (χ1v) is 8.52. The Labute approximate surface area is 127 Å². The summed E-state index contributed by atoms with van der Waals surface area (Å²) in [5, 5.41) is 3.89. The van der Waals surface area contributed by atoms with Crippen molar-refractivity contribution in [2.75, 3.05) is 26.2 Å². The molecule has 3 fully saturated rings. The SMILES string of the molecule is CCOC1CC(NC2CCN(CC(N)=O)CC2)C12CCC2. The Bertz CT molecular complexity index is 376. The molecule has 1 heterocycles. The molecule has 0 aromatic rings. The van der Waals surface area contributed by atoms with Crippen molar-refractivity contribution in [3.8, 4) is 0 Å². The molecule has 1 saturated heterocycles. The van der Waals surface area contributed by atoms with Crippen LogP contribution in [0.15, 0.2) is 0 Å². The molecule has 0 aromatic heterocycles. The number of nitrogens with zero attached hydrogens (tertiary/aromatic N) is 1. The molecule has 2 saturated carbocycles. The second-order valence-electron chi connectivity index (χ2n) is 7.00. The average molecular weight is 295 g/mol. The van der Waals surface area contributed by atoms with Crippen molar-refractivity contribution in [3.05, 3.63) is 0 Å². The van der Waals surface area contributed by atoms with E-state index < -0.39 is 0 Å². The number of primary amides is 1. The normalized spacial score (nSPS) is 32.6. The lowest BCUT2D eigenvalue weighted by atomic mass is 9.51. The van der Waals surface area contributed by atoms with Gasteiger partial charge < -0.3 is 15.8 Å². The minimum atomic E-state index is -0.214. The van der Waals surface area contributed by atoms with Crippen LogP contribution in [0.1, 0.15) is 45.4 Å². The van der Waals surface area contributed by atoms with Crippen LogP contribution in [0.4, 0.5) is 0 Å².